The predicted molar refractivity (Wildman–Crippen MR) is 54.8 cm³/mol. The van der Waals surface area contributed by atoms with Gasteiger partial charge in [0.1, 0.15) is 0 Å². The van der Waals surface area contributed by atoms with Crippen LogP contribution in [0.2, 0.25) is 0 Å². The molecule has 14 heavy (non-hydrogen) atoms. The van der Waals surface area contributed by atoms with Gasteiger partial charge in [0.15, 0.2) is 0 Å². The molecule has 0 bridgehead atoms. The van der Waals surface area contributed by atoms with E-state index in [2.05, 4.69) is 5.32 Å². The molecule has 4 nitrogen and oxygen atoms in total. The Balaban J connectivity index is 2.13. The summed E-state index contributed by atoms with van der Waals surface area (Å²) in [5, 5.41) is 2.91. The van der Waals surface area contributed by atoms with E-state index < -0.39 is 0 Å². The molecule has 82 valence electrons. The lowest BCUT2D eigenvalue weighted by Crippen LogP contribution is -2.52. The van der Waals surface area contributed by atoms with Crippen LogP contribution in [0.1, 0.15) is 33.1 Å². The van der Waals surface area contributed by atoms with Crippen molar-refractivity contribution in [2.45, 2.75) is 51.3 Å². The molecule has 0 aromatic carbocycles. The molecule has 1 aliphatic carbocycles. The third-order valence-electron chi connectivity index (χ3n) is 2.62. The van der Waals surface area contributed by atoms with Crippen LogP contribution in [-0.2, 0) is 9.53 Å². The number of hydrogen-bond acceptors (Lipinski definition) is 3. The summed E-state index contributed by atoms with van der Waals surface area (Å²) in [6, 6.07) is -0.0854. The van der Waals surface area contributed by atoms with E-state index in [0.29, 0.717) is 12.5 Å². The van der Waals surface area contributed by atoms with E-state index >= 15 is 0 Å². The summed E-state index contributed by atoms with van der Waals surface area (Å²) in [6.45, 7) is 4.65. The van der Waals surface area contributed by atoms with Crippen LogP contribution in [0.3, 0.4) is 0 Å². The van der Waals surface area contributed by atoms with Crippen LogP contribution in [0, 0.1) is 0 Å². The smallest absolute Gasteiger partial charge is 0.237 e. The molecule has 1 fully saturated rings. The molecule has 0 aromatic heterocycles. The highest BCUT2D eigenvalue weighted by atomic mass is 16.5. The van der Waals surface area contributed by atoms with Gasteiger partial charge in [-0.25, -0.2) is 0 Å². The zero-order valence-electron chi connectivity index (χ0n) is 8.95. The maximum atomic E-state index is 11.4. The lowest BCUT2D eigenvalue weighted by Gasteiger charge is -2.35. The first kappa shape index (κ1) is 11.5. The molecule has 0 radical (unpaired) electrons. The van der Waals surface area contributed by atoms with Gasteiger partial charge in [-0.3, -0.25) is 4.79 Å². The first-order chi connectivity index (χ1) is 6.67. The summed E-state index contributed by atoms with van der Waals surface area (Å²) < 4.78 is 5.39. The Kier molecular flexibility index (Phi) is 4.35. The van der Waals surface area contributed by atoms with E-state index in [1.165, 1.54) is 0 Å². The van der Waals surface area contributed by atoms with Crippen LogP contribution in [-0.4, -0.2) is 30.7 Å². The lowest BCUT2D eigenvalue weighted by atomic mass is 9.89. The fourth-order valence-corrected chi connectivity index (χ4v) is 1.55. The average Bonchev–Trinajstić information content (AvgIpc) is 2.13. The number of nitrogens with two attached hydrogens (primary N) is 1. The van der Waals surface area contributed by atoms with Crippen molar-refractivity contribution in [3.05, 3.63) is 0 Å². The summed E-state index contributed by atoms with van der Waals surface area (Å²) in [6.07, 6.45) is 2.88. The molecular weight excluding hydrogens is 180 g/mol. The van der Waals surface area contributed by atoms with Gasteiger partial charge in [0, 0.05) is 12.6 Å². The lowest BCUT2D eigenvalue weighted by molar-refractivity contribution is -0.125. The van der Waals surface area contributed by atoms with E-state index in [0.717, 1.165) is 19.4 Å². The SMILES string of the molecule is CCOC1CC(NC(=O)C(N)CC)C1. The molecule has 1 rings (SSSR count). The molecule has 1 aliphatic rings. The number of carbonyl (C=O) groups is 1. The second kappa shape index (κ2) is 5.32. The second-order valence-electron chi connectivity index (χ2n) is 3.77. The maximum Gasteiger partial charge on any atom is 0.237 e. The van der Waals surface area contributed by atoms with E-state index in [4.69, 9.17) is 10.5 Å². The summed E-state index contributed by atoms with van der Waals surface area (Å²) in [5.41, 5.74) is 5.59. The van der Waals surface area contributed by atoms with Crippen molar-refractivity contribution in [3.63, 3.8) is 0 Å². The summed E-state index contributed by atoms with van der Waals surface area (Å²) >= 11 is 0. The van der Waals surface area contributed by atoms with Gasteiger partial charge in [0.25, 0.3) is 0 Å². The highest BCUT2D eigenvalue weighted by molar-refractivity contribution is 5.81. The molecule has 0 aliphatic heterocycles. The molecule has 0 spiro atoms. The second-order valence-corrected chi connectivity index (χ2v) is 3.77. The van der Waals surface area contributed by atoms with Gasteiger partial charge >= 0.3 is 0 Å². The van der Waals surface area contributed by atoms with Gasteiger partial charge in [-0.2, -0.15) is 0 Å². The van der Waals surface area contributed by atoms with E-state index in [-0.39, 0.29) is 18.0 Å². The van der Waals surface area contributed by atoms with Crippen molar-refractivity contribution >= 4 is 5.91 Å². The van der Waals surface area contributed by atoms with Gasteiger partial charge in [0.2, 0.25) is 5.91 Å². The molecule has 0 saturated heterocycles. The predicted octanol–water partition coefficient (Wildman–Crippen LogP) is 0.407. The maximum absolute atomic E-state index is 11.4. The minimum atomic E-state index is -0.360. The van der Waals surface area contributed by atoms with Crippen molar-refractivity contribution < 1.29 is 9.53 Å². The van der Waals surface area contributed by atoms with Crippen LogP contribution in [0.4, 0.5) is 0 Å². The Hall–Kier alpha value is -0.610. The van der Waals surface area contributed by atoms with Gasteiger partial charge in [-0.05, 0) is 26.2 Å². The molecule has 1 saturated carbocycles. The Morgan fingerprint density at radius 1 is 1.57 bits per heavy atom. The molecule has 0 aromatic rings. The van der Waals surface area contributed by atoms with Crippen molar-refractivity contribution in [3.8, 4) is 0 Å². The molecule has 4 heteroatoms. The standard InChI is InChI=1S/C10H20N2O2/c1-3-9(11)10(13)12-7-5-8(6-7)14-4-2/h7-9H,3-6,11H2,1-2H3,(H,12,13). The fraction of sp³-hybridized carbons (Fsp3) is 0.900. The third kappa shape index (κ3) is 2.96. The number of rotatable bonds is 5. The van der Waals surface area contributed by atoms with E-state index in [1.807, 2.05) is 13.8 Å². The topological polar surface area (TPSA) is 64.3 Å². The number of ether oxygens (including phenoxy) is 1. The fourth-order valence-electron chi connectivity index (χ4n) is 1.55. The number of hydrogen-bond donors (Lipinski definition) is 2. The zero-order valence-corrected chi connectivity index (χ0v) is 8.95. The molecular formula is C10H20N2O2. The Morgan fingerprint density at radius 2 is 2.21 bits per heavy atom. The van der Waals surface area contributed by atoms with Crippen LogP contribution in [0.25, 0.3) is 0 Å². The Morgan fingerprint density at radius 3 is 2.71 bits per heavy atom. The average molecular weight is 200 g/mol. The number of nitrogens with one attached hydrogen (secondary N) is 1. The van der Waals surface area contributed by atoms with E-state index in [1.54, 1.807) is 0 Å². The highest BCUT2D eigenvalue weighted by Gasteiger charge is 2.31. The Bertz CT molecular complexity index is 191. The highest BCUT2D eigenvalue weighted by Crippen LogP contribution is 2.23. The molecule has 1 unspecified atom stereocenters. The largest absolute Gasteiger partial charge is 0.378 e. The Labute approximate surface area is 85.2 Å². The quantitative estimate of drug-likeness (QED) is 0.675. The molecule has 1 amide bonds. The van der Waals surface area contributed by atoms with Crippen LogP contribution >= 0.6 is 0 Å². The van der Waals surface area contributed by atoms with Gasteiger partial charge in [-0.15, -0.1) is 0 Å². The molecule has 0 heterocycles. The minimum absolute atomic E-state index is 0.0348. The molecule has 3 N–H and O–H groups in total. The van der Waals surface area contributed by atoms with E-state index in [9.17, 15) is 4.79 Å². The van der Waals surface area contributed by atoms with Crippen molar-refractivity contribution in [2.24, 2.45) is 5.73 Å². The van der Waals surface area contributed by atoms with Gasteiger partial charge in [0.05, 0.1) is 12.1 Å². The first-order valence-corrected chi connectivity index (χ1v) is 5.34. The summed E-state index contributed by atoms with van der Waals surface area (Å²) in [5.74, 6) is -0.0348. The number of carbonyl (C=O) groups excluding carboxylic acids is 1. The van der Waals surface area contributed by atoms with Crippen LogP contribution in [0.5, 0.6) is 0 Å². The summed E-state index contributed by atoms with van der Waals surface area (Å²) in [4.78, 5) is 11.4. The van der Waals surface area contributed by atoms with Crippen molar-refractivity contribution in [2.75, 3.05) is 6.61 Å². The third-order valence-corrected chi connectivity index (χ3v) is 2.62. The minimum Gasteiger partial charge on any atom is -0.378 e. The van der Waals surface area contributed by atoms with Crippen molar-refractivity contribution in [1.82, 2.24) is 5.32 Å². The number of amides is 1. The van der Waals surface area contributed by atoms with Crippen LogP contribution in [0.15, 0.2) is 0 Å². The monoisotopic (exact) mass is 200 g/mol. The zero-order chi connectivity index (χ0) is 10.6. The van der Waals surface area contributed by atoms with Gasteiger partial charge in [-0.1, -0.05) is 6.92 Å². The van der Waals surface area contributed by atoms with Crippen molar-refractivity contribution in [1.29, 1.82) is 0 Å². The van der Waals surface area contributed by atoms with Gasteiger partial charge < -0.3 is 15.8 Å². The van der Waals surface area contributed by atoms with Crippen LogP contribution < -0.4 is 11.1 Å². The normalized spacial score (nSPS) is 27.9. The molecule has 1 atom stereocenters. The first-order valence-electron chi connectivity index (χ1n) is 5.34. The summed E-state index contributed by atoms with van der Waals surface area (Å²) in [7, 11) is 0.